The van der Waals surface area contributed by atoms with Crippen molar-refractivity contribution in [2.75, 3.05) is 0 Å². The van der Waals surface area contributed by atoms with Crippen molar-refractivity contribution in [3.8, 4) is 0 Å². The highest BCUT2D eigenvalue weighted by Crippen LogP contribution is 2.34. The van der Waals surface area contributed by atoms with Crippen molar-refractivity contribution < 1.29 is 9.53 Å². The Labute approximate surface area is 156 Å². The summed E-state index contributed by atoms with van der Waals surface area (Å²) in [7, 11) is 0. The molecule has 2 aliphatic carbocycles. The molecule has 0 spiro atoms. The lowest BCUT2D eigenvalue weighted by atomic mass is 9.78. The zero-order chi connectivity index (χ0) is 17.7. The molecule has 2 aliphatic rings. The Bertz CT molecular complexity index is 338. The maximum absolute atomic E-state index is 11.9. The zero-order valence-corrected chi connectivity index (χ0v) is 16.8. The van der Waals surface area contributed by atoms with Crippen molar-refractivity contribution in [1.29, 1.82) is 0 Å². The van der Waals surface area contributed by atoms with Crippen LogP contribution in [-0.2, 0) is 9.53 Å². The standard InChI is InChI=1S/C23H42O2/c1-2-3-6-11-20-16-18-21(19-17-20)12-7-4-10-15-23(24)25-22-13-8-5-9-14-22/h20-22H,2-19H2,1H3/t20-,21-. The number of esters is 1. The second-order valence-corrected chi connectivity index (χ2v) is 8.73. The van der Waals surface area contributed by atoms with Gasteiger partial charge in [0.2, 0.25) is 0 Å². The lowest BCUT2D eigenvalue weighted by Gasteiger charge is -2.28. The minimum atomic E-state index is 0.0551. The number of hydrogen-bond donors (Lipinski definition) is 0. The van der Waals surface area contributed by atoms with E-state index in [9.17, 15) is 4.79 Å². The maximum atomic E-state index is 11.9. The quantitative estimate of drug-likeness (QED) is 0.291. The molecular formula is C23H42O2. The van der Waals surface area contributed by atoms with Crippen molar-refractivity contribution in [2.24, 2.45) is 11.8 Å². The minimum absolute atomic E-state index is 0.0551. The van der Waals surface area contributed by atoms with E-state index in [0.717, 1.165) is 31.1 Å². The largest absolute Gasteiger partial charge is 0.462 e. The SMILES string of the molecule is CCCCC[C@H]1CC[C@H](CCCCCC(=O)OC2CCCCC2)CC1. The predicted octanol–water partition coefficient (Wildman–Crippen LogP) is 7.20. The van der Waals surface area contributed by atoms with E-state index in [1.165, 1.54) is 89.9 Å². The Morgan fingerprint density at radius 3 is 1.96 bits per heavy atom. The van der Waals surface area contributed by atoms with Crippen LogP contribution in [0.2, 0.25) is 0 Å². The van der Waals surface area contributed by atoms with E-state index in [0.29, 0.717) is 6.42 Å². The highest BCUT2D eigenvalue weighted by atomic mass is 16.5. The van der Waals surface area contributed by atoms with Crippen LogP contribution in [0.15, 0.2) is 0 Å². The van der Waals surface area contributed by atoms with Crippen molar-refractivity contribution >= 4 is 5.97 Å². The molecule has 2 heteroatoms. The van der Waals surface area contributed by atoms with Crippen LogP contribution in [0.1, 0.15) is 122 Å². The molecule has 0 atom stereocenters. The zero-order valence-electron chi connectivity index (χ0n) is 16.8. The molecule has 0 radical (unpaired) electrons. The van der Waals surface area contributed by atoms with E-state index < -0.39 is 0 Å². The summed E-state index contributed by atoms with van der Waals surface area (Å²) in [6, 6.07) is 0. The van der Waals surface area contributed by atoms with E-state index in [-0.39, 0.29) is 12.1 Å². The van der Waals surface area contributed by atoms with Crippen LogP contribution in [0.25, 0.3) is 0 Å². The van der Waals surface area contributed by atoms with Crippen LogP contribution >= 0.6 is 0 Å². The van der Waals surface area contributed by atoms with Gasteiger partial charge in [-0.05, 0) is 43.9 Å². The molecule has 0 heterocycles. The van der Waals surface area contributed by atoms with E-state index in [1.54, 1.807) is 0 Å². The van der Waals surface area contributed by atoms with Gasteiger partial charge in [-0.25, -0.2) is 0 Å². The third-order valence-corrected chi connectivity index (χ3v) is 6.53. The van der Waals surface area contributed by atoms with E-state index in [2.05, 4.69) is 6.92 Å². The molecule has 2 fully saturated rings. The summed E-state index contributed by atoms with van der Waals surface area (Å²) in [5, 5.41) is 0. The Hall–Kier alpha value is -0.530. The number of carbonyl (C=O) groups excluding carboxylic acids is 1. The normalized spacial score (nSPS) is 25.0. The monoisotopic (exact) mass is 350 g/mol. The third kappa shape index (κ3) is 9.11. The summed E-state index contributed by atoms with van der Waals surface area (Å²) >= 11 is 0. The Morgan fingerprint density at radius 1 is 0.760 bits per heavy atom. The Kier molecular flexibility index (Phi) is 10.6. The smallest absolute Gasteiger partial charge is 0.306 e. The first-order valence-electron chi connectivity index (χ1n) is 11.5. The number of ether oxygens (including phenoxy) is 1. The van der Waals surface area contributed by atoms with Gasteiger partial charge in [0.15, 0.2) is 0 Å². The van der Waals surface area contributed by atoms with Gasteiger partial charge in [0, 0.05) is 6.42 Å². The molecule has 0 aromatic rings. The van der Waals surface area contributed by atoms with Gasteiger partial charge in [-0.1, -0.05) is 84.0 Å². The van der Waals surface area contributed by atoms with Crippen LogP contribution in [0.3, 0.4) is 0 Å². The van der Waals surface area contributed by atoms with Crippen molar-refractivity contribution in [3.63, 3.8) is 0 Å². The second kappa shape index (κ2) is 12.8. The molecule has 25 heavy (non-hydrogen) atoms. The van der Waals surface area contributed by atoms with Crippen LogP contribution in [0.5, 0.6) is 0 Å². The number of rotatable bonds is 11. The third-order valence-electron chi connectivity index (χ3n) is 6.53. The molecular weight excluding hydrogens is 308 g/mol. The summed E-state index contributed by atoms with van der Waals surface area (Å²) in [5.41, 5.74) is 0. The van der Waals surface area contributed by atoms with Gasteiger partial charge in [0.25, 0.3) is 0 Å². The first-order chi connectivity index (χ1) is 12.3. The lowest BCUT2D eigenvalue weighted by Crippen LogP contribution is -2.20. The summed E-state index contributed by atoms with van der Waals surface area (Å²) < 4.78 is 5.60. The summed E-state index contributed by atoms with van der Waals surface area (Å²) in [6.45, 7) is 2.30. The van der Waals surface area contributed by atoms with Crippen LogP contribution in [0, 0.1) is 11.8 Å². The summed E-state index contributed by atoms with van der Waals surface area (Å²) in [4.78, 5) is 11.9. The van der Waals surface area contributed by atoms with E-state index in [1.807, 2.05) is 0 Å². The van der Waals surface area contributed by atoms with Gasteiger partial charge in [0.05, 0.1) is 0 Å². The average molecular weight is 351 g/mol. The average Bonchev–Trinajstić information content (AvgIpc) is 2.64. The molecule has 0 aromatic carbocycles. The van der Waals surface area contributed by atoms with Gasteiger partial charge in [-0.15, -0.1) is 0 Å². The van der Waals surface area contributed by atoms with Gasteiger partial charge in [-0.3, -0.25) is 4.79 Å². The van der Waals surface area contributed by atoms with Crippen molar-refractivity contribution in [1.82, 2.24) is 0 Å². The fourth-order valence-electron chi connectivity index (χ4n) is 4.80. The number of unbranched alkanes of at least 4 members (excludes halogenated alkanes) is 4. The molecule has 2 saturated carbocycles. The van der Waals surface area contributed by atoms with Crippen LogP contribution in [0.4, 0.5) is 0 Å². The highest BCUT2D eigenvalue weighted by molar-refractivity contribution is 5.69. The maximum Gasteiger partial charge on any atom is 0.306 e. The fourth-order valence-corrected chi connectivity index (χ4v) is 4.80. The van der Waals surface area contributed by atoms with E-state index in [4.69, 9.17) is 4.74 Å². The predicted molar refractivity (Wildman–Crippen MR) is 106 cm³/mol. The minimum Gasteiger partial charge on any atom is -0.462 e. The van der Waals surface area contributed by atoms with Gasteiger partial charge >= 0.3 is 5.97 Å². The second-order valence-electron chi connectivity index (χ2n) is 8.73. The number of hydrogen-bond acceptors (Lipinski definition) is 2. The van der Waals surface area contributed by atoms with Crippen molar-refractivity contribution in [2.45, 2.75) is 129 Å². The number of carbonyl (C=O) groups is 1. The lowest BCUT2D eigenvalue weighted by molar-refractivity contribution is -0.150. The molecule has 2 nitrogen and oxygen atoms in total. The molecule has 0 N–H and O–H groups in total. The van der Waals surface area contributed by atoms with E-state index >= 15 is 0 Å². The first-order valence-corrected chi connectivity index (χ1v) is 11.5. The first kappa shape index (κ1) is 20.8. The molecule has 0 aromatic heterocycles. The van der Waals surface area contributed by atoms with Gasteiger partial charge < -0.3 is 4.74 Å². The van der Waals surface area contributed by atoms with Crippen molar-refractivity contribution in [3.05, 3.63) is 0 Å². The Balaban J connectivity index is 1.42. The molecule has 146 valence electrons. The molecule has 2 rings (SSSR count). The molecule has 0 amide bonds. The summed E-state index contributed by atoms with van der Waals surface area (Å²) in [6.07, 6.45) is 23.3. The topological polar surface area (TPSA) is 26.3 Å². The molecule has 0 aliphatic heterocycles. The Morgan fingerprint density at radius 2 is 1.36 bits per heavy atom. The molecule has 0 bridgehead atoms. The summed E-state index contributed by atoms with van der Waals surface area (Å²) in [5.74, 6) is 2.05. The van der Waals surface area contributed by atoms with Gasteiger partial charge in [-0.2, -0.15) is 0 Å². The van der Waals surface area contributed by atoms with Crippen LogP contribution in [-0.4, -0.2) is 12.1 Å². The fraction of sp³-hybridized carbons (Fsp3) is 0.957. The highest BCUT2D eigenvalue weighted by Gasteiger charge is 2.20. The molecule has 0 unspecified atom stereocenters. The van der Waals surface area contributed by atoms with Crippen LogP contribution < -0.4 is 0 Å². The molecule has 0 saturated heterocycles. The van der Waals surface area contributed by atoms with Gasteiger partial charge in [0.1, 0.15) is 6.10 Å².